The van der Waals surface area contributed by atoms with Crippen molar-refractivity contribution in [3.63, 3.8) is 0 Å². The van der Waals surface area contributed by atoms with Crippen molar-refractivity contribution in [2.45, 2.75) is 18.6 Å². The number of anilines is 1. The van der Waals surface area contributed by atoms with Crippen LogP contribution in [-0.4, -0.2) is 29.0 Å². The summed E-state index contributed by atoms with van der Waals surface area (Å²) in [5.74, 6) is -4.80. The third-order valence-electron chi connectivity index (χ3n) is 7.20. The Morgan fingerprint density at radius 2 is 1.43 bits per heavy atom. The highest BCUT2D eigenvalue weighted by Crippen LogP contribution is 2.58. The van der Waals surface area contributed by atoms with Crippen molar-refractivity contribution in [2.24, 2.45) is 11.8 Å². The molecule has 3 aromatic rings. The number of ether oxygens (including phenoxy) is 1. The summed E-state index contributed by atoms with van der Waals surface area (Å²) in [6.45, 7) is 1.71. The molecular formula is C27H17Cl2NO5. The van der Waals surface area contributed by atoms with Gasteiger partial charge in [-0.3, -0.25) is 19.2 Å². The number of carbonyl (C=O) groups is 4. The van der Waals surface area contributed by atoms with Crippen LogP contribution >= 0.6 is 23.2 Å². The molecule has 6 nitrogen and oxygen atoms in total. The molecule has 2 aliphatic heterocycles. The summed E-state index contributed by atoms with van der Waals surface area (Å²) in [5, 5.41) is 0.865. The number of carbonyl (C=O) groups excluding carboxylic acids is 4. The highest BCUT2D eigenvalue weighted by atomic mass is 35.5. The first-order valence-electron chi connectivity index (χ1n) is 11.0. The molecule has 3 atom stereocenters. The second kappa shape index (κ2) is 7.59. The predicted molar refractivity (Wildman–Crippen MR) is 129 cm³/mol. The van der Waals surface area contributed by atoms with Gasteiger partial charge in [-0.15, -0.1) is 0 Å². The Morgan fingerprint density at radius 3 is 2.06 bits per heavy atom. The van der Waals surface area contributed by atoms with Crippen LogP contribution in [0.4, 0.5) is 5.69 Å². The van der Waals surface area contributed by atoms with E-state index in [1.807, 2.05) is 0 Å². The molecule has 2 fully saturated rings. The average molecular weight is 506 g/mol. The number of halogens is 2. The van der Waals surface area contributed by atoms with Gasteiger partial charge in [0.25, 0.3) is 0 Å². The van der Waals surface area contributed by atoms with Crippen molar-refractivity contribution in [3.8, 4) is 0 Å². The van der Waals surface area contributed by atoms with E-state index in [1.54, 1.807) is 73.7 Å². The number of benzene rings is 3. The fourth-order valence-corrected chi connectivity index (χ4v) is 5.84. The summed E-state index contributed by atoms with van der Waals surface area (Å²) in [4.78, 5) is 56.4. The Labute approximate surface area is 210 Å². The maximum absolute atomic E-state index is 14.0. The fourth-order valence-electron chi connectivity index (χ4n) is 5.55. The van der Waals surface area contributed by atoms with Crippen LogP contribution < -0.4 is 4.90 Å². The van der Waals surface area contributed by atoms with Crippen molar-refractivity contribution in [1.29, 1.82) is 0 Å². The summed E-state index contributed by atoms with van der Waals surface area (Å²) in [5.41, 5.74) is -0.337. The maximum Gasteiger partial charge on any atom is 0.241 e. The predicted octanol–water partition coefficient (Wildman–Crippen LogP) is 5.00. The van der Waals surface area contributed by atoms with Crippen LogP contribution in [0.1, 0.15) is 37.9 Å². The molecule has 0 N–H and O–H groups in total. The van der Waals surface area contributed by atoms with E-state index in [0.29, 0.717) is 26.9 Å². The van der Waals surface area contributed by atoms with Crippen LogP contribution in [0.25, 0.3) is 0 Å². The number of ketones is 2. The average Bonchev–Trinajstić information content (AvgIpc) is 3.42. The first kappa shape index (κ1) is 22.2. The summed E-state index contributed by atoms with van der Waals surface area (Å²) in [6, 6.07) is 17.9. The number of fused-ring (bicyclic) bond motifs is 3. The molecule has 1 spiro atoms. The molecule has 8 heteroatoms. The lowest BCUT2D eigenvalue weighted by Crippen LogP contribution is -2.51. The quantitative estimate of drug-likeness (QED) is 0.361. The maximum atomic E-state index is 14.0. The van der Waals surface area contributed by atoms with Crippen LogP contribution in [0.15, 0.2) is 66.7 Å². The Balaban J connectivity index is 1.56. The van der Waals surface area contributed by atoms with E-state index >= 15 is 0 Å². The van der Waals surface area contributed by atoms with Gasteiger partial charge in [0.05, 0.1) is 23.6 Å². The largest absolute Gasteiger partial charge is 0.349 e. The van der Waals surface area contributed by atoms with E-state index in [1.165, 1.54) is 0 Å². The van der Waals surface area contributed by atoms with Gasteiger partial charge in [0.1, 0.15) is 0 Å². The molecular weight excluding hydrogens is 489 g/mol. The Hall–Kier alpha value is -3.32. The second-order valence-electron chi connectivity index (χ2n) is 8.93. The Morgan fingerprint density at radius 1 is 0.800 bits per heavy atom. The second-order valence-corrected chi connectivity index (χ2v) is 9.77. The van der Waals surface area contributed by atoms with E-state index < -0.39 is 46.9 Å². The molecule has 3 aromatic carbocycles. The Kier molecular flexibility index (Phi) is 4.81. The summed E-state index contributed by atoms with van der Waals surface area (Å²) < 4.78 is 6.25. The molecule has 6 rings (SSSR count). The molecule has 174 valence electrons. The molecule has 2 saturated heterocycles. The fraction of sp³-hybridized carbons (Fsp3) is 0.185. The van der Waals surface area contributed by atoms with Crippen molar-refractivity contribution >= 4 is 52.3 Å². The smallest absolute Gasteiger partial charge is 0.241 e. The molecule has 0 aromatic heterocycles. The molecule has 2 amide bonds. The van der Waals surface area contributed by atoms with Crippen LogP contribution in [0.2, 0.25) is 10.0 Å². The summed E-state index contributed by atoms with van der Waals surface area (Å²) in [7, 11) is 0. The minimum Gasteiger partial charge on any atom is -0.349 e. The molecule has 0 saturated carbocycles. The van der Waals surface area contributed by atoms with Crippen molar-refractivity contribution in [1.82, 2.24) is 0 Å². The van der Waals surface area contributed by atoms with Gasteiger partial charge in [-0.25, -0.2) is 4.90 Å². The molecule has 35 heavy (non-hydrogen) atoms. The number of rotatable bonds is 2. The van der Waals surface area contributed by atoms with Gasteiger partial charge < -0.3 is 4.74 Å². The number of imide groups is 1. The molecule has 2 heterocycles. The molecule has 0 radical (unpaired) electrons. The number of nitrogens with zero attached hydrogens (tertiary/aromatic N) is 1. The third-order valence-corrected chi connectivity index (χ3v) is 7.86. The normalized spacial score (nSPS) is 24.4. The van der Waals surface area contributed by atoms with Crippen molar-refractivity contribution in [3.05, 3.63) is 99.0 Å². The monoisotopic (exact) mass is 505 g/mol. The molecule has 3 unspecified atom stereocenters. The number of hydrogen-bond acceptors (Lipinski definition) is 5. The SMILES string of the molecule is Cc1c(Cl)cccc1N1C(=O)C2C(c3ccc(Cl)cc3)OC3(C(=O)c4ccccc4C3=O)C2C1=O. The van der Waals surface area contributed by atoms with Crippen LogP contribution in [0.3, 0.4) is 0 Å². The van der Waals surface area contributed by atoms with Gasteiger partial charge in [-0.2, -0.15) is 0 Å². The lowest BCUT2D eigenvalue weighted by molar-refractivity contribution is -0.127. The zero-order chi connectivity index (χ0) is 24.6. The number of Topliss-reactive ketones (excluding diaryl/α,β-unsaturated/α-hetero) is 2. The minimum absolute atomic E-state index is 0.186. The summed E-state index contributed by atoms with van der Waals surface area (Å²) in [6.07, 6.45) is -1.000. The number of hydrogen-bond donors (Lipinski definition) is 0. The molecule has 1 aliphatic carbocycles. The standard InChI is InChI=1S/C27H17Cl2NO5/c1-13-18(29)7-4-8-19(13)30-25(33)20-21(26(30)34)27(35-22(20)14-9-11-15(28)12-10-14)23(31)16-5-2-3-6-17(16)24(27)32/h2-12,20-22H,1H3. The summed E-state index contributed by atoms with van der Waals surface area (Å²) >= 11 is 12.3. The van der Waals surface area contributed by atoms with E-state index in [2.05, 4.69) is 0 Å². The molecule has 0 bridgehead atoms. The van der Waals surface area contributed by atoms with E-state index in [9.17, 15) is 19.2 Å². The minimum atomic E-state index is -2.12. The van der Waals surface area contributed by atoms with Crippen molar-refractivity contribution in [2.75, 3.05) is 4.90 Å². The lowest BCUT2D eigenvalue weighted by atomic mass is 9.77. The van der Waals surface area contributed by atoms with Gasteiger partial charge in [-0.05, 0) is 42.3 Å². The van der Waals surface area contributed by atoms with E-state index in [4.69, 9.17) is 27.9 Å². The van der Waals surface area contributed by atoms with Gasteiger partial charge in [0.15, 0.2) is 0 Å². The van der Waals surface area contributed by atoms with E-state index in [-0.39, 0.29) is 11.1 Å². The van der Waals surface area contributed by atoms with Gasteiger partial charge in [-0.1, -0.05) is 65.7 Å². The van der Waals surface area contributed by atoms with Crippen LogP contribution in [-0.2, 0) is 14.3 Å². The van der Waals surface area contributed by atoms with Crippen molar-refractivity contribution < 1.29 is 23.9 Å². The Bertz CT molecular complexity index is 1430. The zero-order valence-electron chi connectivity index (χ0n) is 18.3. The van der Waals surface area contributed by atoms with E-state index in [0.717, 1.165) is 4.90 Å². The first-order chi connectivity index (χ1) is 16.8. The van der Waals surface area contributed by atoms with Gasteiger partial charge in [0, 0.05) is 21.2 Å². The van der Waals surface area contributed by atoms with Gasteiger partial charge >= 0.3 is 0 Å². The van der Waals surface area contributed by atoms with Crippen LogP contribution in [0, 0.1) is 18.8 Å². The lowest BCUT2D eigenvalue weighted by Gasteiger charge is -2.27. The third kappa shape index (κ3) is 2.82. The number of amides is 2. The first-order valence-corrected chi connectivity index (χ1v) is 11.8. The highest BCUT2D eigenvalue weighted by Gasteiger charge is 2.74. The zero-order valence-corrected chi connectivity index (χ0v) is 19.8. The highest BCUT2D eigenvalue weighted by molar-refractivity contribution is 6.37. The van der Waals surface area contributed by atoms with Crippen LogP contribution in [0.5, 0.6) is 0 Å². The topological polar surface area (TPSA) is 80.8 Å². The molecule has 3 aliphatic rings. The van der Waals surface area contributed by atoms with Gasteiger partial charge in [0.2, 0.25) is 29.0 Å².